The molecule has 26 heavy (non-hydrogen) atoms. The zero-order valence-electron chi connectivity index (χ0n) is 13.5. The molecule has 0 aliphatic rings. The van der Waals surface area contributed by atoms with Gasteiger partial charge in [0.15, 0.2) is 0 Å². The van der Waals surface area contributed by atoms with Crippen LogP contribution in [0.2, 0.25) is 0 Å². The number of amides is 2. The van der Waals surface area contributed by atoms with Crippen LogP contribution in [0.4, 0.5) is 11.4 Å². The molecule has 10 nitrogen and oxygen atoms in total. The zero-order valence-corrected chi connectivity index (χ0v) is 13.5. The lowest BCUT2D eigenvalue weighted by atomic mass is 10.2. The van der Waals surface area contributed by atoms with Gasteiger partial charge in [0.1, 0.15) is 0 Å². The standard InChI is InChI=1S/C16H14N8O2/c17-23-21-13-5-1-11(2-6-13)15(25)19-9-10-20-16(26)12-3-7-14(8-4-12)22-24-18/h1-8H,9-10H2,(H,19,25)(H,20,26). The molecule has 0 saturated carbocycles. The number of carbonyl (C=O) groups is 2. The number of benzene rings is 2. The summed E-state index contributed by atoms with van der Waals surface area (Å²) in [4.78, 5) is 29.2. The van der Waals surface area contributed by atoms with Crippen molar-refractivity contribution < 1.29 is 9.59 Å². The van der Waals surface area contributed by atoms with Gasteiger partial charge in [0.25, 0.3) is 11.8 Å². The molecule has 0 fully saturated rings. The third-order valence-electron chi connectivity index (χ3n) is 3.28. The Hall–Kier alpha value is -4.00. The maximum Gasteiger partial charge on any atom is 0.251 e. The maximum absolute atomic E-state index is 12.0. The monoisotopic (exact) mass is 350 g/mol. The molecule has 0 aliphatic carbocycles. The highest BCUT2D eigenvalue weighted by molar-refractivity contribution is 5.95. The van der Waals surface area contributed by atoms with Crippen molar-refractivity contribution in [1.82, 2.24) is 10.6 Å². The summed E-state index contributed by atoms with van der Waals surface area (Å²) in [5, 5.41) is 12.2. The van der Waals surface area contributed by atoms with Gasteiger partial charge in [-0.25, -0.2) is 0 Å². The highest BCUT2D eigenvalue weighted by atomic mass is 16.2. The molecule has 0 unspecified atom stereocenters. The van der Waals surface area contributed by atoms with E-state index in [0.29, 0.717) is 22.5 Å². The van der Waals surface area contributed by atoms with Crippen LogP contribution in [0.25, 0.3) is 20.9 Å². The number of nitrogens with one attached hydrogen (secondary N) is 2. The van der Waals surface area contributed by atoms with E-state index >= 15 is 0 Å². The molecular formula is C16H14N8O2. The van der Waals surface area contributed by atoms with Crippen LogP contribution in [0.15, 0.2) is 58.8 Å². The summed E-state index contributed by atoms with van der Waals surface area (Å²) >= 11 is 0. The number of nitrogens with zero attached hydrogens (tertiary/aromatic N) is 6. The first kappa shape index (κ1) is 18.3. The average molecular weight is 350 g/mol. The Morgan fingerprint density at radius 2 is 1.08 bits per heavy atom. The van der Waals surface area contributed by atoms with Gasteiger partial charge >= 0.3 is 0 Å². The van der Waals surface area contributed by atoms with Crippen LogP contribution in [0, 0.1) is 0 Å². The molecule has 10 heteroatoms. The van der Waals surface area contributed by atoms with Gasteiger partial charge in [-0.2, -0.15) is 0 Å². The van der Waals surface area contributed by atoms with Crippen molar-refractivity contribution in [3.63, 3.8) is 0 Å². The highest BCUT2D eigenvalue weighted by Gasteiger charge is 2.06. The first-order valence-corrected chi connectivity index (χ1v) is 7.51. The summed E-state index contributed by atoms with van der Waals surface area (Å²) < 4.78 is 0. The second-order valence-corrected chi connectivity index (χ2v) is 4.98. The SMILES string of the molecule is [N-]=[N+]=Nc1ccc(C(=O)NCCNC(=O)c2ccc(N=[N+]=[N-])cc2)cc1. The van der Waals surface area contributed by atoms with Crippen molar-refractivity contribution in [3.8, 4) is 0 Å². The predicted octanol–water partition coefficient (Wildman–Crippen LogP) is 3.73. The number of carbonyl (C=O) groups excluding carboxylic acids is 2. The number of hydrogen-bond acceptors (Lipinski definition) is 4. The van der Waals surface area contributed by atoms with Gasteiger partial charge in [-0.3, -0.25) is 9.59 Å². The molecule has 0 aliphatic heterocycles. The Bertz CT molecular complexity index is 804. The predicted molar refractivity (Wildman–Crippen MR) is 95.2 cm³/mol. The molecule has 2 N–H and O–H groups in total. The maximum atomic E-state index is 12.0. The summed E-state index contributed by atoms with van der Waals surface area (Å²) in [6.07, 6.45) is 0. The average Bonchev–Trinajstić information content (AvgIpc) is 2.66. The lowest BCUT2D eigenvalue weighted by molar-refractivity contribution is 0.0927. The van der Waals surface area contributed by atoms with Gasteiger partial charge < -0.3 is 10.6 Å². The third-order valence-corrected chi connectivity index (χ3v) is 3.28. The topological polar surface area (TPSA) is 156 Å². The van der Waals surface area contributed by atoms with E-state index in [1.807, 2.05) is 0 Å². The molecule has 0 radical (unpaired) electrons. The fourth-order valence-corrected chi connectivity index (χ4v) is 2.02. The minimum absolute atomic E-state index is 0.249. The number of rotatable bonds is 7. The van der Waals surface area contributed by atoms with Crippen LogP contribution in [0.3, 0.4) is 0 Å². The summed E-state index contributed by atoms with van der Waals surface area (Å²) in [5.74, 6) is -0.601. The Balaban J connectivity index is 1.78. The molecule has 0 heterocycles. The summed E-state index contributed by atoms with van der Waals surface area (Å²) in [6.45, 7) is 0.499. The van der Waals surface area contributed by atoms with Gasteiger partial charge in [0.05, 0.1) is 0 Å². The van der Waals surface area contributed by atoms with Crippen molar-refractivity contribution >= 4 is 23.2 Å². The largest absolute Gasteiger partial charge is 0.350 e. The van der Waals surface area contributed by atoms with Crippen molar-refractivity contribution in [2.45, 2.75) is 0 Å². The van der Waals surface area contributed by atoms with Gasteiger partial charge in [0, 0.05) is 45.4 Å². The van der Waals surface area contributed by atoms with Gasteiger partial charge in [-0.1, -0.05) is 34.5 Å². The summed E-state index contributed by atoms with van der Waals surface area (Å²) in [5.41, 5.74) is 18.3. The minimum Gasteiger partial charge on any atom is -0.350 e. The Labute approximate surface area is 148 Å². The van der Waals surface area contributed by atoms with Crippen LogP contribution >= 0.6 is 0 Å². The molecule has 130 valence electrons. The molecule has 0 bridgehead atoms. The zero-order chi connectivity index (χ0) is 18.8. The fraction of sp³-hybridized carbons (Fsp3) is 0.125. The van der Waals surface area contributed by atoms with Crippen LogP contribution in [-0.2, 0) is 0 Å². The number of azide groups is 2. The summed E-state index contributed by atoms with van der Waals surface area (Å²) in [6, 6.07) is 12.3. The molecule has 0 saturated heterocycles. The van der Waals surface area contributed by atoms with Gasteiger partial charge in [-0.05, 0) is 35.3 Å². The quantitative estimate of drug-likeness (QED) is 0.338. The molecule has 0 spiro atoms. The Kier molecular flexibility index (Phi) is 6.58. The molecule has 0 atom stereocenters. The van der Waals surface area contributed by atoms with Crippen molar-refractivity contribution in [2.24, 2.45) is 10.2 Å². The normalized spacial score (nSPS) is 9.38. The Morgan fingerprint density at radius 1 is 0.731 bits per heavy atom. The molecular weight excluding hydrogens is 336 g/mol. The first-order valence-electron chi connectivity index (χ1n) is 7.51. The van der Waals surface area contributed by atoms with Crippen LogP contribution in [0.5, 0.6) is 0 Å². The highest BCUT2D eigenvalue weighted by Crippen LogP contribution is 2.13. The number of hydrogen-bond donors (Lipinski definition) is 2. The second kappa shape index (κ2) is 9.33. The van der Waals surface area contributed by atoms with Gasteiger partial charge in [-0.15, -0.1) is 0 Å². The lowest BCUT2D eigenvalue weighted by Crippen LogP contribution is -2.34. The van der Waals surface area contributed by atoms with Crippen LogP contribution in [0.1, 0.15) is 20.7 Å². The summed E-state index contributed by atoms with van der Waals surface area (Å²) in [7, 11) is 0. The molecule has 2 amide bonds. The molecule has 2 aromatic rings. The molecule has 2 rings (SSSR count). The molecule has 0 aromatic heterocycles. The third kappa shape index (κ3) is 5.27. The van der Waals surface area contributed by atoms with E-state index in [9.17, 15) is 9.59 Å². The fourth-order valence-electron chi connectivity index (χ4n) is 2.02. The van der Waals surface area contributed by atoms with Crippen molar-refractivity contribution in [2.75, 3.05) is 13.1 Å². The van der Waals surface area contributed by atoms with E-state index < -0.39 is 0 Å². The second-order valence-electron chi connectivity index (χ2n) is 4.98. The first-order chi connectivity index (χ1) is 12.6. The smallest absolute Gasteiger partial charge is 0.251 e. The Morgan fingerprint density at radius 3 is 1.38 bits per heavy atom. The van der Waals surface area contributed by atoms with Gasteiger partial charge in [0.2, 0.25) is 0 Å². The van der Waals surface area contributed by atoms with E-state index in [4.69, 9.17) is 11.1 Å². The van der Waals surface area contributed by atoms with E-state index in [-0.39, 0.29) is 24.9 Å². The van der Waals surface area contributed by atoms with E-state index in [0.717, 1.165) is 0 Å². The molecule has 2 aromatic carbocycles. The van der Waals surface area contributed by atoms with E-state index in [1.165, 1.54) is 24.3 Å². The van der Waals surface area contributed by atoms with Crippen molar-refractivity contribution in [1.29, 1.82) is 0 Å². The lowest BCUT2D eigenvalue weighted by Gasteiger charge is -2.07. The minimum atomic E-state index is -0.301. The van der Waals surface area contributed by atoms with Crippen molar-refractivity contribution in [3.05, 3.63) is 80.5 Å². The van der Waals surface area contributed by atoms with Crippen LogP contribution in [-0.4, -0.2) is 24.9 Å². The van der Waals surface area contributed by atoms with E-state index in [1.54, 1.807) is 24.3 Å². The van der Waals surface area contributed by atoms with Crippen LogP contribution < -0.4 is 10.6 Å². The van der Waals surface area contributed by atoms with E-state index in [2.05, 4.69) is 30.7 Å².